The van der Waals surface area contributed by atoms with Gasteiger partial charge in [0.15, 0.2) is 0 Å². The summed E-state index contributed by atoms with van der Waals surface area (Å²) >= 11 is 7.78. The Morgan fingerprint density at radius 3 is 3.00 bits per heavy atom. The van der Waals surface area contributed by atoms with Gasteiger partial charge in [-0.3, -0.25) is 0 Å². The Bertz CT molecular complexity index is 462. The Morgan fingerprint density at radius 2 is 2.36 bits per heavy atom. The number of benzene rings is 1. The highest BCUT2D eigenvalue weighted by Gasteiger charge is 2.09. The highest BCUT2D eigenvalue weighted by molar-refractivity contribution is 7.98. The van der Waals surface area contributed by atoms with E-state index < -0.39 is 0 Å². The largest absolute Gasteiger partial charge is 0.392 e. The molecule has 0 unspecified atom stereocenters. The van der Waals surface area contributed by atoms with E-state index in [4.69, 9.17) is 0 Å². The quantitative estimate of drug-likeness (QED) is 0.622. The van der Waals surface area contributed by atoms with Crippen molar-refractivity contribution in [3.63, 3.8) is 0 Å². The lowest BCUT2D eigenvalue weighted by Gasteiger charge is -2.07. The van der Waals surface area contributed by atoms with Gasteiger partial charge in [-0.05, 0) is 29.3 Å². The van der Waals surface area contributed by atoms with E-state index in [0.29, 0.717) is 0 Å². The molecular formula is C10H10OS3. The van der Waals surface area contributed by atoms with Gasteiger partial charge in [0.1, 0.15) is 0 Å². The molecular weight excluding hydrogens is 232 g/mol. The van der Waals surface area contributed by atoms with Gasteiger partial charge in [-0.2, -0.15) is 0 Å². The summed E-state index contributed by atoms with van der Waals surface area (Å²) in [7, 11) is 0. The molecule has 0 aliphatic rings. The van der Waals surface area contributed by atoms with Crippen molar-refractivity contribution in [2.75, 3.05) is 6.26 Å². The number of fused-ring (bicyclic) bond motifs is 1. The molecule has 0 aliphatic heterocycles. The molecule has 1 heterocycles. The van der Waals surface area contributed by atoms with Crippen LogP contribution in [0.2, 0.25) is 0 Å². The van der Waals surface area contributed by atoms with Crippen molar-refractivity contribution in [3.8, 4) is 0 Å². The van der Waals surface area contributed by atoms with E-state index in [2.05, 4.69) is 24.1 Å². The fourth-order valence-electron chi connectivity index (χ4n) is 1.51. The van der Waals surface area contributed by atoms with Crippen LogP contribution in [-0.4, -0.2) is 11.4 Å². The SMILES string of the molecule is CSc1c(CO)cc(S)c2sccc12. The molecule has 2 rings (SSSR count). The van der Waals surface area contributed by atoms with Crippen LogP contribution in [0.3, 0.4) is 0 Å². The Labute approximate surface area is 96.6 Å². The molecule has 0 saturated heterocycles. The predicted molar refractivity (Wildman–Crippen MR) is 66.8 cm³/mol. The van der Waals surface area contributed by atoms with Crippen LogP contribution < -0.4 is 0 Å². The molecule has 0 atom stereocenters. The molecule has 0 spiro atoms. The van der Waals surface area contributed by atoms with E-state index in [1.165, 1.54) is 15.0 Å². The standard InChI is InChI=1S/C10H10OS3/c1-13-9-6(5-11)4-8(12)10-7(9)2-3-14-10/h2-4,11-12H,5H2,1H3. The van der Waals surface area contributed by atoms with Gasteiger partial charge >= 0.3 is 0 Å². The van der Waals surface area contributed by atoms with Crippen LogP contribution in [0.4, 0.5) is 0 Å². The second-order valence-corrected chi connectivity index (χ2v) is 5.12. The molecule has 1 aromatic carbocycles. The van der Waals surface area contributed by atoms with Crippen LogP contribution in [0.1, 0.15) is 5.56 Å². The van der Waals surface area contributed by atoms with Crippen molar-refractivity contribution in [1.82, 2.24) is 0 Å². The number of hydrogen-bond acceptors (Lipinski definition) is 4. The van der Waals surface area contributed by atoms with Crippen LogP contribution in [0.15, 0.2) is 27.3 Å². The summed E-state index contributed by atoms with van der Waals surface area (Å²) in [5.74, 6) is 0. The Hall–Kier alpha value is -0.160. The van der Waals surface area contributed by atoms with Crippen molar-refractivity contribution in [2.45, 2.75) is 16.4 Å². The van der Waals surface area contributed by atoms with Gasteiger partial charge in [-0.15, -0.1) is 35.7 Å². The first-order valence-corrected chi connectivity index (χ1v) is 6.70. The fourth-order valence-corrected chi connectivity index (χ4v) is 3.61. The van der Waals surface area contributed by atoms with Gasteiger partial charge in [0.05, 0.1) is 6.61 Å². The van der Waals surface area contributed by atoms with Gasteiger partial charge < -0.3 is 5.11 Å². The molecule has 1 N–H and O–H groups in total. The van der Waals surface area contributed by atoms with Crippen LogP contribution in [-0.2, 0) is 6.61 Å². The molecule has 4 heteroatoms. The number of aliphatic hydroxyl groups excluding tert-OH is 1. The number of thiophene rings is 1. The zero-order chi connectivity index (χ0) is 10.1. The molecule has 0 fully saturated rings. The third-order valence-electron chi connectivity index (χ3n) is 2.12. The number of thioether (sulfide) groups is 1. The Morgan fingerprint density at radius 1 is 1.57 bits per heavy atom. The Kier molecular flexibility index (Phi) is 3.07. The average molecular weight is 242 g/mol. The third kappa shape index (κ3) is 1.56. The molecule has 0 aliphatic carbocycles. The fraction of sp³-hybridized carbons (Fsp3) is 0.200. The summed E-state index contributed by atoms with van der Waals surface area (Å²) in [4.78, 5) is 2.12. The van der Waals surface area contributed by atoms with E-state index in [0.717, 1.165) is 10.5 Å². The van der Waals surface area contributed by atoms with E-state index in [-0.39, 0.29) is 6.61 Å². The van der Waals surface area contributed by atoms with Crippen molar-refractivity contribution in [3.05, 3.63) is 23.1 Å². The maximum absolute atomic E-state index is 9.23. The van der Waals surface area contributed by atoms with Crippen molar-refractivity contribution < 1.29 is 5.11 Å². The van der Waals surface area contributed by atoms with E-state index >= 15 is 0 Å². The normalized spacial score (nSPS) is 11.1. The molecule has 0 radical (unpaired) electrons. The van der Waals surface area contributed by atoms with E-state index in [1.807, 2.05) is 12.3 Å². The van der Waals surface area contributed by atoms with Gasteiger partial charge in [0.25, 0.3) is 0 Å². The maximum atomic E-state index is 9.23. The van der Waals surface area contributed by atoms with E-state index in [1.54, 1.807) is 23.1 Å². The summed E-state index contributed by atoms with van der Waals surface area (Å²) in [6.45, 7) is 0.0789. The zero-order valence-electron chi connectivity index (χ0n) is 7.65. The molecule has 1 nitrogen and oxygen atoms in total. The monoisotopic (exact) mass is 242 g/mol. The topological polar surface area (TPSA) is 20.2 Å². The highest BCUT2D eigenvalue weighted by Crippen LogP contribution is 2.37. The summed E-state index contributed by atoms with van der Waals surface area (Å²) in [5.41, 5.74) is 0.966. The predicted octanol–water partition coefficient (Wildman–Crippen LogP) is 3.40. The summed E-state index contributed by atoms with van der Waals surface area (Å²) in [6.07, 6.45) is 2.03. The van der Waals surface area contributed by atoms with Gasteiger partial charge in [0.2, 0.25) is 0 Å². The van der Waals surface area contributed by atoms with Crippen LogP contribution in [0, 0.1) is 0 Å². The van der Waals surface area contributed by atoms with Crippen molar-refractivity contribution in [1.29, 1.82) is 0 Å². The second-order valence-electron chi connectivity index (χ2n) is 2.91. The van der Waals surface area contributed by atoms with E-state index in [9.17, 15) is 5.11 Å². The molecule has 2 aromatic rings. The Balaban J connectivity index is 2.82. The summed E-state index contributed by atoms with van der Waals surface area (Å²) in [6, 6.07) is 4.04. The van der Waals surface area contributed by atoms with Gasteiger partial charge in [-0.25, -0.2) is 0 Å². The molecule has 74 valence electrons. The zero-order valence-corrected chi connectivity index (χ0v) is 10.2. The smallest absolute Gasteiger partial charge is 0.0693 e. The number of rotatable bonds is 2. The van der Waals surface area contributed by atoms with Gasteiger partial charge in [0, 0.05) is 19.9 Å². The first-order chi connectivity index (χ1) is 6.77. The number of hydrogen-bond donors (Lipinski definition) is 2. The average Bonchev–Trinajstić information content (AvgIpc) is 2.66. The van der Waals surface area contributed by atoms with Crippen molar-refractivity contribution >= 4 is 45.8 Å². The minimum atomic E-state index is 0.0789. The molecule has 0 amide bonds. The first-order valence-electron chi connectivity index (χ1n) is 4.14. The molecule has 0 bridgehead atoms. The number of thiol groups is 1. The molecule has 0 saturated carbocycles. The summed E-state index contributed by atoms with van der Waals surface area (Å²) < 4.78 is 1.20. The molecule has 14 heavy (non-hydrogen) atoms. The maximum Gasteiger partial charge on any atom is 0.0693 e. The first kappa shape index (κ1) is 10.4. The lowest BCUT2D eigenvalue weighted by Crippen LogP contribution is -1.88. The van der Waals surface area contributed by atoms with Crippen LogP contribution in [0.5, 0.6) is 0 Å². The summed E-state index contributed by atoms with van der Waals surface area (Å²) in [5, 5.41) is 12.5. The second kappa shape index (κ2) is 4.14. The van der Waals surface area contributed by atoms with Crippen LogP contribution in [0.25, 0.3) is 10.1 Å². The minimum absolute atomic E-state index is 0.0789. The molecule has 1 aromatic heterocycles. The van der Waals surface area contributed by atoms with Crippen molar-refractivity contribution in [2.24, 2.45) is 0 Å². The van der Waals surface area contributed by atoms with Gasteiger partial charge in [-0.1, -0.05) is 0 Å². The lowest BCUT2D eigenvalue weighted by atomic mass is 10.2. The van der Waals surface area contributed by atoms with Crippen LogP contribution >= 0.6 is 35.7 Å². The minimum Gasteiger partial charge on any atom is -0.392 e. The third-order valence-corrected chi connectivity index (χ3v) is 4.46. The number of aliphatic hydroxyl groups is 1. The lowest BCUT2D eigenvalue weighted by molar-refractivity contribution is 0.279. The highest BCUT2D eigenvalue weighted by atomic mass is 32.2.